The number of aromatic nitrogens is 3. The molecule has 2 aromatic heterocycles. The van der Waals surface area contributed by atoms with Crippen LogP contribution in [-0.4, -0.2) is 51.7 Å². The number of pyridine rings is 1. The summed E-state index contributed by atoms with van der Waals surface area (Å²) in [5, 5.41) is 5.20. The Morgan fingerprint density at radius 1 is 1.19 bits per heavy atom. The van der Waals surface area contributed by atoms with Gasteiger partial charge in [-0.3, -0.25) is 9.59 Å². The molecule has 7 heteroatoms. The summed E-state index contributed by atoms with van der Waals surface area (Å²) in [5.74, 6) is -0.899. The third-order valence-electron chi connectivity index (χ3n) is 5.47. The fourth-order valence-electron chi connectivity index (χ4n) is 3.70. The minimum Gasteiger partial charge on any atom is -0.469 e. The molecule has 0 radical (unpaired) electrons. The van der Waals surface area contributed by atoms with Gasteiger partial charge in [0.05, 0.1) is 35.9 Å². The predicted molar refractivity (Wildman–Crippen MR) is 121 cm³/mol. The maximum atomic E-state index is 13.6. The number of ether oxygens (including phenoxy) is 1. The Bertz CT molecular complexity index is 1100. The standard InChI is InChI=1S/C24H30N4O3/c1-7-27(14-17(5)24(30)31-6)23(29)19-12-21(18-11-9-8-10-16(18)4)26-22-20(19)13-25-28(22)15(2)3/h8-13,15,17H,7,14H2,1-6H3. The van der Waals surface area contributed by atoms with Gasteiger partial charge in [-0.2, -0.15) is 5.10 Å². The molecule has 1 unspecified atom stereocenters. The van der Waals surface area contributed by atoms with Gasteiger partial charge in [-0.1, -0.05) is 31.2 Å². The van der Waals surface area contributed by atoms with Crippen LogP contribution in [0.3, 0.4) is 0 Å². The van der Waals surface area contributed by atoms with Crippen LogP contribution in [0.25, 0.3) is 22.3 Å². The second-order valence-corrected chi connectivity index (χ2v) is 8.06. The number of benzene rings is 1. The summed E-state index contributed by atoms with van der Waals surface area (Å²) >= 11 is 0. The normalized spacial score (nSPS) is 12.2. The number of carbonyl (C=O) groups excluding carboxylic acids is 2. The van der Waals surface area contributed by atoms with Crippen molar-refractivity contribution >= 4 is 22.9 Å². The molecule has 0 N–H and O–H groups in total. The number of fused-ring (bicyclic) bond motifs is 1. The SMILES string of the molecule is CCN(CC(C)C(=O)OC)C(=O)c1cc(-c2ccccc2C)nc2c1cnn2C(C)C. The van der Waals surface area contributed by atoms with E-state index in [2.05, 4.69) is 5.10 Å². The number of aryl methyl sites for hydroxylation is 1. The van der Waals surface area contributed by atoms with Gasteiger partial charge in [-0.15, -0.1) is 0 Å². The quantitative estimate of drug-likeness (QED) is 0.532. The summed E-state index contributed by atoms with van der Waals surface area (Å²) in [7, 11) is 1.36. The van der Waals surface area contributed by atoms with Gasteiger partial charge in [0.2, 0.25) is 0 Å². The zero-order valence-corrected chi connectivity index (χ0v) is 19.0. The molecule has 0 aliphatic heterocycles. The minimum atomic E-state index is -0.416. The first kappa shape index (κ1) is 22.5. The molecule has 0 spiro atoms. The topological polar surface area (TPSA) is 77.3 Å². The first-order valence-electron chi connectivity index (χ1n) is 10.6. The van der Waals surface area contributed by atoms with Crippen molar-refractivity contribution in [2.45, 2.75) is 40.7 Å². The van der Waals surface area contributed by atoms with Crippen molar-refractivity contribution in [3.05, 3.63) is 47.7 Å². The maximum Gasteiger partial charge on any atom is 0.310 e. The van der Waals surface area contributed by atoms with E-state index in [9.17, 15) is 9.59 Å². The van der Waals surface area contributed by atoms with Gasteiger partial charge in [-0.25, -0.2) is 9.67 Å². The summed E-state index contributed by atoms with van der Waals surface area (Å²) in [6.45, 7) is 10.5. The average molecular weight is 423 g/mol. The number of hydrogen-bond donors (Lipinski definition) is 0. The fraction of sp³-hybridized carbons (Fsp3) is 0.417. The lowest BCUT2D eigenvalue weighted by Gasteiger charge is -2.24. The van der Waals surface area contributed by atoms with Crippen LogP contribution in [0.15, 0.2) is 36.5 Å². The van der Waals surface area contributed by atoms with Crippen molar-refractivity contribution in [2.24, 2.45) is 5.92 Å². The zero-order valence-electron chi connectivity index (χ0n) is 19.0. The van der Waals surface area contributed by atoms with Crippen molar-refractivity contribution in [1.82, 2.24) is 19.7 Å². The number of amides is 1. The van der Waals surface area contributed by atoms with E-state index in [1.54, 1.807) is 18.0 Å². The molecule has 0 aliphatic carbocycles. The Morgan fingerprint density at radius 2 is 1.90 bits per heavy atom. The summed E-state index contributed by atoms with van der Waals surface area (Å²) < 4.78 is 6.67. The van der Waals surface area contributed by atoms with Gasteiger partial charge >= 0.3 is 5.97 Å². The molecule has 1 atom stereocenters. The van der Waals surface area contributed by atoms with Gasteiger partial charge in [0, 0.05) is 24.7 Å². The van der Waals surface area contributed by atoms with Gasteiger partial charge in [0.15, 0.2) is 5.65 Å². The first-order chi connectivity index (χ1) is 14.8. The van der Waals surface area contributed by atoms with E-state index in [1.165, 1.54) is 7.11 Å². The Balaban J connectivity index is 2.15. The molecular formula is C24H30N4O3. The number of methoxy groups -OCH3 is 1. The molecule has 0 saturated carbocycles. The van der Waals surface area contributed by atoms with Crippen LogP contribution in [0, 0.1) is 12.8 Å². The van der Waals surface area contributed by atoms with E-state index in [1.807, 2.05) is 62.7 Å². The second kappa shape index (κ2) is 9.29. The Kier molecular flexibility index (Phi) is 6.73. The van der Waals surface area contributed by atoms with E-state index in [0.717, 1.165) is 16.8 Å². The number of rotatable bonds is 7. The largest absolute Gasteiger partial charge is 0.469 e. The van der Waals surface area contributed by atoms with Gasteiger partial charge < -0.3 is 9.64 Å². The molecule has 2 heterocycles. The number of hydrogen-bond acceptors (Lipinski definition) is 5. The van der Waals surface area contributed by atoms with E-state index in [0.29, 0.717) is 23.1 Å². The lowest BCUT2D eigenvalue weighted by molar-refractivity contribution is -0.145. The molecule has 0 aliphatic rings. The van der Waals surface area contributed by atoms with Crippen molar-refractivity contribution in [1.29, 1.82) is 0 Å². The second-order valence-electron chi connectivity index (χ2n) is 8.06. The molecule has 1 aromatic carbocycles. The number of nitrogens with zero attached hydrogens (tertiary/aromatic N) is 4. The summed E-state index contributed by atoms with van der Waals surface area (Å²) in [6.07, 6.45) is 1.70. The molecule has 0 bridgehead atoms. The third-order valence-corrected chi connectivity index (χ3v) is 5.47. The zero-order chi connectivity index (χ0) is 22.7. The van der Waals surface area contributed by atoms with Crippen LogP contribution in [0.1, 0.15) is 49.7 Å². The van der Waals surface area contributed by atoms with Crippen LogP contribution < -0.4 is 0 Å². The highest BCUT2D eigenvalue weighted by atomic mass is 16.5. The maximum absolute atomic E-state index is 13.6. The highest BCUT2D eigenvalue weighted by molar-refractivity contribution is 6.06. The molecule has 0 saturated heterocycles. The smallest absolute Gasteiger partial charge is 0.310 e. The Morgan fingerprint density at radius 3 is 2.52 bits per heavy atom. The van der Waals surface area contributed by atoms with Crippen molar-refractivity contribution < 1.29 is 14.3 Å². The molecule has 7 nitrogen and oxygen atoms in total. The van der Waals surface area contributed by atoms with Crippen molar-refractivity contribution in [2.75, 3.05) is 20.2 Å². The average Bonchev–Trinajstić information content (AvgIpc) is 3.20. The summed E-state index contributed by atoms with van der Waals surface area (Å²) in [6, 6.07) is 9.91. The van der Waals surface area contributed by atoms with Crippen LogP contribution in [0.2, 0.25) is 0 Å². The minimum absolute atomic E-state index is 0.0988. The molecule has 1 amide bonds. The lowest BCUT2D eigenvalue weighted by Crippen LogP contribution is -2.37. The van der Waals surface area contributed by atoms with E-state index < -0.39 is 5.92 Å². The van der Waals surface area contributed by atoms with Gasteiger partial charge in [0.1, 0.15) is 0 Å². The van der Waals surface area contributed by atoms with Gasteiger partial charge in [0.25, 0.3) is 5.91 Å². The van der Waals surface area contributed by atoms with Crippen LogP contribution in [0.4, 0.5) is 0 Å². The molecule has 164 valence electrons. The summed E-state index contributed by atoms with van der Waals surface area (Å²) in [5.41, 5.74) is 4.00. The van der Waals surface area contributed by atoms with Crippen LogP contribution in [0.5, 0.6) is 0 Å². The van der Waals surface area contributed by atoms with Crippen molar-refractivity contribution in [3.8, 4) is 11.3 Å². The van der Waals surface area contributed by atoms with Crippen LogP contribution in [-0.2, 0) is 9.53 Å². The number of esters is 1. The molecule has 0 fully saturated rings. The third kappa shape index (κ3) is 4.45. The Hall–Kier alpha value is -3.22. The van der Waals surface area contributed by atoms with E-state index in [4.69, 9.17) is 9.72 Å². The fourth-order valence-corrected chi connectivity index (χ4v) is 3.70. The molecule has 31 heavy (non-hydrogen) atoms. The monoisotopic (exact) mass is 422 g/mol. The van der Waals surface area contributed by atoms with E-state index >= 15 is 0 Å². The Labute approximate surface area is 183 Å². The van der Waals surface area contributed by atoms with Crippen LogP contribution >= 0.6 is 0 Å². The molecular weight excluding hydrogens is 392 g/mol. The summed E-state index contributed by atoms with van der Waals surface area (Å²) in [4.78, 5) is 32.0. The van der Waals surface area contributed by atoms with Gasteiger partial charge in [-0.05, 0) is 39.3 Å². The highest BCUT2D eigenvalue weighted by Crippen LogP contribution is 2.29. The predicted octanol–water partition coefficient (Wildman–Crippen LogP) is 4.26. The number of carbonyl (C=O) groups is 2. The highest BCUT2D eigenvalue weighted by Gasteiger charge is 2.25. The van der Waals surface area contributed by atoms with Crippen molar-refractivity contribution in [3.63, 3.8) is 0 Å². The molecule has 3 rings (SSSR count). The molecule has 3 aromatic rings. The first-order valence-corrected chi connectivity index (χ1v) is 10.6. The van der Waals surface area contributed by atoms with E-state index in [-0.39, 0.29) is 24.5 Å². The lowest BCUT2D eigenvalue weighted by atomic mass is 10.0.